The molecule has 2 rings (SSSR count). The smallest absolute Gasteiger partial charge is 0.249 e. The molecule has 2 unspecified atom stereocenters. The molecule has 1 aromatic carbocycles. The van der Waals surface area contributed by atoms with Crippen molar-refractivity contribution in [2.45, 2.75) is 31.8 Å². The molecular formula is C14H18ClF2N3O2. The first kappa shape index (κ1) is 18.3. The zero-order valence-corrected chi connectivity index (χ0v) is 12.8. The molecule has 1 heterocycles. The average molecular weight is 334 g/mol. The molecule has 22 heavy (non-hydrogen) atoms. The highest BCUT2D eigenvalue weighted by Crippen LogP contribution is 2.27. The molecule has 1 aliphatic heterocycles. The predicted octanol–water partition coefficient (Wildman–Crippen LogP) is 1.35. The van der Waals surface area contributed by atoms with Gasteiger partial charge in [-0.05, 0) is 25.5 Å². The van der Waals surface area contributed by atoms with Crippen molar-refractivity contribution in [3.8, 4) is 0 Å². The number of benzene rings is 1. The van der Waals surface area contributed by atoms with E-state index in [1.807, 2.05) is 0 Å². The molecule has 122 valence electrons. The lowest BCUT2D eigenvalue weighted by Gasteiger charge is -2.18. The number of hydrogen-bond acceptors (Lipinski definition) is 3. The minimum Gasteiger partial charge on any atom is -0.344 e. The molecule has 1 aliphatic rings. The van der Waals surface area contributed by atoms with Crippen LogP contribution in [0.15, 0.2) is 18.2 Å². The molecule has 1 saturated heterocycles. The summed E-state index contributed by atoms with van der Waals surface area (Å²) in [7, 11) is 0. The molecular weight excluding hydrogens is 316 g/mol. The van der Waals surface area contributed by atoms with Crippen molar-refractivity contribution in [1.29, 1.82) is 0 Å². The first-order valence-corrected chi connectivity index (χ1v) is 6.70. The van der Waals surface area contributed by atoms with Crippen molar-refractivity contribution >= 4 is 29.9 Å². The number of nitrogens with two attached hydrogens (primary N) is 1. The summed E-state index contributed by atoms with van der Waals surface area (Å²) in [5.41, 5.74) is 5.14. The number of carbonyl (C=O) groups is 2. The van der Waals surface area contributed by atoms with Gasteiger partial charge in [-0.2, -0.15) is 0 Å². The van der Waals surface area contributed by atoms with E-state index in [2.05, 4.69) is 5.32 Å². The van der Waals surface area contributed by atoms with Crippen LogP contribution in [0.4, 0.5) is 14.5 Å². The molecule has 1 fully saturated rings. The first-order chi connectivity index (χ1) is 9.90. The van der Waals surface area contributed by atoms with E-state index in [1.54, 1.807) is 6.92 Å². The maximum absolute atomic E-state index is 13.7. The summed E-state index contributed by atoms with van der Waals surface area (Å²) in [6.07, 6.45) is 0.398. The fraction of sp³-hybridized carbons (Fsp3) is 0.429. The normalized spacial score (nSPS) is 18.8. The van der Waals surface area contributed by atoms with Gasteiger partial charge in [0.2, 0.25) is 11.8 Å². The number of amides is 2. The van der Waals surface area contributed by atoms with E-state index in [9.17, 15) is 18.4 Å². The number of hydrogen-bond donors (Lipinski definition) is 2. The number of rotatable bonds is 4. The van der Waals surface area contributed by atoms with Gasteiger partial charge in [-0.1, -0.05) is 6.07 Å². The fourth-order valence-electron chi connectivity index (χ4n) is 2.33. The second-order valence-electron chi connectivity index (χ2n) is 5.15. The molecule has 2 amide bonds. The van der Waals surface area contributed by atoms with E-state index in [4.69, 9.17) is 5.73 Å². The number of anilines is 1. The number of carbonyl (C=O) groups excluding carboxylic acids is 2. The minimum atomic E-state index is -0.800. The van der Waals surface area contributed by atoms with E-state index in [1.165, 1.54) is 6.07 Å². The lowest BCUT2D eigenvalue weighted by molar-refractivity contribution is -0.126. The highest BCUT2D eigenvalue weighted by Gasteiger charge is 2.36. The van der Waals surface area contributed by atoms with Gasteiger partial charge in [0.15, 0.2) is 0 Å². The number of nitrogens with one attached hydrogen (secondary N) is 1. The van der Waals surface area contributed by atoms with Gasteiger partial charge in [-0.3, -0.25) is 9.59 Å². The monoisotopic (exact) mass is 333 g/mol. The lowest BCUT2D eigenvalue weighted by Crippen LogP contribution is -2.43. The summed E-state index contributed by atoms with van der Waals surface area (Å²) in [5, 5.41) is 2.54. The van der Waals surface area contributed by atoms with Crippen LogP contribution >= 0.6 is 12.4 Å². The van der Waals surface area contributed by atoms with Gasteiger partial charge in [0.05, 0.1) is 0 Å². The third-order valence-electron chi connectivity index (χ3n) is 3.26. The van der Waals surface area contributed by atoms with Crippen molar-refractivity contribution in [2.75, 3.05) is 11.4 Å². The summed E-state index contributed by atoms with van der Waals surface area (Å²) < 4.78 is 27.4. The van der Waals surface area contributed by atoms with Gasteiger partial charge >= 0.3 is 0 Å². The Balaban J connectivity index is 0.00000242. The maximum atomic E-state index is 13.7. The highest BCUT2D eigenvalue weighted by molar-refractivity contribution is 6.01. The highest BCUT2D eigenvalue weighted by atomic mass is 35.5. The van der Waals surface area contributed by atoms with E-state index < -0.39 is 23.6 Å². The quantitative estimate of drug-likeness (QED) is 0.873. The maximum Gasteiger partial charge on any atom is 0.249 e. The minimum absolute atomic E-state index is 0. The van der Waals surface area contributed by atoms with Gasteiger partial charge in [0, 0.05) is 19.0 Å². The van der Waals surface area contributed by atoms with Gasteiger partial charge in [0.25, 0.3) is 0 Å². The molecule has 3 N–H and O–H groups in total. The third kappa shape index (κ3) is 3.92. The Morgan fingerprint density at radius 3 is 2.59 bits per heavy atom. The third-order valence-corrected chi connectivity index (χ3v) is 3.26. The number of para-hydroxylation sites is 1. The molecule has 0 spiro atoms. The van der Waals surface area contributed by atoms with Crippen LogP contribution in [0.3, 0.4) is 0 Å². The molecule has 0 bridgehead atoms. The Labute approximate surface area is 133 Å². The van der Waals surface area contributed by atoms with Gasteiger partial charge in [0.1, 0.15) is 23.4 Å². The van der Waals surface area contributed by atoms with Crippen molar-refractivity contribution in [2.24, 2.45) is 5.73 Å². The Morgan fingerprint density at radius 1 is 1.45 bits per heavy atom. The SMILES string of the molecule is CC(N)CC(=O)NC1CCN(c2c(F)cccc2F)C1=O.Cl. The summed E-state index contributed by atoms with van der Waals surface area (Å²) >= 11 is 0. The summed E-state index contributed by atoms with van der Waals surface area (Å²) in [4.78, 5) is 24.8. The van der Waals surface area contributed by atoms with Crippen molar-refractivity contribution in [3.05, 3.63) is 29.8 Å². The topological polar surface area (TPSA) is 75.4 Å². The van der Waals surface area contributed by atoms with Crippen LogP contribution in [0, 0.1) is 11.6 Å². The average Bonchev–Trinajstić information content (AvgIpc) is 2.71. The molecule has 1 aromatic rings. The van der Waals surface area contributed by atoms with E-state index in [0.717, 1.165) is 17.0 Å². The fourth-order valence-corrected chi connectivity index (χ4v) is 2.33. The van der Waals surface area contributed by atoms with Crippen molar-refractivity contribution < 1.29 is 18.4 Å². The molecule has 0 aliphatic carbocycles. The molecule has 2 atom stereocenters. The van der Waals surface area contributed by atoms with Crippen LogP contribution in [0.1, 0.15) is 19.8 Å². The largest absolute Gasteiger partial charge is 0.344 e. The number of nitrogens with zero attached hydrogens (tertiary/aromatic N) is 1. The van der Waals surface area contributed by atoms with E-state index in [-0.39, 0.29) is 43.0 Å². The van der Waals surface area contributed by atoms with Crippen LogP contribution in [0.2, 0.25) is 0 Å². The molecule has 0 saturated carbocycles. The number of halogens is 3. The Bertz CT molecular complexity index is 549. The van der Waals surface area contributed by atoms with E-state index >= 15 is 0 Å². The second kappa shape index (κ2) is 7.51. The predicted molar refractivity (Wildman–Crippen MR) is 80.8 cm³/mol. The zero-order valence-electron chi connectivity index (χ0n) is 12.0. The van der Waals surface area contributed by atoms with Crippen molar-refractivity contribution in [3.63, 3.8) is 0 Å². The van der Waals surface area contributed by atoms with Crippen LogP contribution in [-0.2, 0) is 9.59 Å². The lowest BCUT2D eigenvalue weighted by atomic mass is 10.2. The van der Waals surface area contributed by atoms with Gasteiger partial charge < -0.3 is 16.0 Å². The Kier molecular flexibility index (Phi) is 6.25. The summed E-state index contributed by atoms with van der Waals surface area (Å²) in [5.74, 6) is -2.46. The summed E-state index contributed by atoms with van der Waals surface area (Å²) in [6, 6.07) is 2.33. The summed E-state index contributed by atoms with van der Waals surface area (Å²) in [6.45, 7) is 1.83. The molecule has 5 nitrogen and oxygen atoms in total. The molecule has 0 aromatic heterocycles. The first-order valence-electron chi connectivity index (χ1n) is 6.70. The van der Waals surface area contributed by atoms with Gasteiger partial charge in [-0.15, -0.1) is 12.4 Å². The van der Waals surface area contributed by atoms with Crippen LogP contribution < -0.4 is 16.0 Å². The van der Waals surface area contributed by atoms with Crippen molar-refractivity contribution in [1.82, 2.24) is 5.32 Å². The second-order valence-corrected chi connectivity index (χ2v) is 5.15. The van der Waals surface area contributed by atoms with E-state index in [0.29, 0.717) is 6.42 Å². The molecule has 8 heteroatoms. The van der Waals surface area contributed by atoms with Crippen LogP contribution in [0.5, 0.6) is 0 Å². The van der Waals surface area contributed by atoms with Crippen LogP contribution in [0.25, 0.3) is 0 Å². The van der Waals surface area contributed by atoms with Crippen LogP contribution in [-0.4, -0.2) is 30.4 Å². The Morgan fingerprint density at radius 2 is 2.05 bits per heavy atom. The Hall–Kier alpha value is -1.73. The van der Waals surface area contributed by atoms with Gasteiger partial charge in [-0.25, -0.2) is 8.78 Å². The molecule has 0 radical (unpaired) electrons. The standard InChI is InChI=1S/C14H17F2N3O2.ClH/c1-8(17)7-12(20)18-11-5-6-19(14(11)21)13-9(15)3-2-4-10(13)16;/h2-4,8,11H,5-7,17H2,1H3,(H,18,20);1H. The zero-order chi connectivity index (χ0) is 15.6.